The molecule has 0 radical (unpaired) electrons. The second kappa shape index (κ2) is 8.00. The normalized spacial score (nSPS) is 24.3. The van der Waals surface area contributed by atoms with Gasteiger partial charge in [-0.2, -0.15) is 0 Å². The van der Waals surface area contributed by atoms with Crippen molar-refractivity contribution in [2.24, 2.45) is 5.92 Å². The quantitative estimate of drug-likeness (QED) is 0.816. The van der Waals surface area contributed by atoms with Crippen molar-refractivity contribution in [2.75, 3.05) is 51.3 Å². The molecule has 2 aliphatic heterocycles. The molecule has 5 rings (SSSR count). The number of benzene rings is 1. The number of piperazine rings is 1. The van der Waals surface area contributed by atoms with Gasteiger partial charge < -0.3 is 19.4 Å². The average molecular weight is 413 g/mol. The number of nitrogens with one attached hydrogen (secondary N) is 1. The second-order valence-corrected chi connectivity index (χ2v) is 9.52. The minimum absolute atomic E-state index is 0.332. The third kappa shape index (κ3) is 3.88. The first-order valence-corrected chi connectivity index (χ1v) is 11.7. The number of ether oxygens (including phenoxy) is 1. The highest BCUT2D eigenvalue weighted by Crippen LogP contribution is 2.42. The summed E-state index contributed by atoms with van der Waals surface area (Å²) >= 11 is 1.90. The number of quaternary nitrogens is 1. The Bertz CT molecular complexity index is 853. The van der Waals surface area contributed by atoms with Crippen LogP contribution in [0.1, 0.15) is 29.3 Å². The molecule has 2 fully saturated rings. The maximum Gasteiger partial charge on any atom is 0.277 e. The van der Waals surface area contributed by atoms with Crippen LogP contribution in [0.15, 0.2) is 35.7 Å². The summed E-state index contributed by atoms with van der Waals surface area (Å²) in [5.74, 6) is 2.00. The van der Waals surface area contributed by atoms with Gasteiger partial charge in [-0.1, -0.05) is 0 Å². The van der Waals surface area contributed by atoms with Crippen LogP contribution in [0.2, 0.25) is 0 Å². The van der Waals surface area contributed by atoms with Gasteiger partial charge in [-0.3, -0.25) is 4.79 Å². The fraction of sp³-hybridized carbons (Fsp3) is 0.522. The maximum atomic E-state index is 13.1. The lowest BCUT2D eigenvalue weighted by atomic mass is 9.96. The molecular formula is C23H30N3O2S+. The van der Waals surface area contributed by atoms with Gasteiger partial charge in [0.05, 0.1) is 13.7 Å². The van der Waals surface area contributed by atoms with Crippen LogP contribution >= 0.6 is 11.3 Å². The molecule has 1 aromatic carbocycles. The Hall–Kier alpha value is -2.05. The van der Waals surface area contributed by atoms with Crippen LogP contribution in [-0.4, -0.2) is 57.2 Å². The van der Waals surface area contributed by atoms with E-state index in [0.29, 0.717) is 18.5 Å². The Morgan fingerprint density at radius 1 is 1.14 bits per heavy atom. The second-order valence-electron chi connectivity index (χ2n) is 8.52. The molecule has 1 saturated carbocycles. The lowest BCUT2D eigenvalue weighted by molar-refractivity contribution is -0.929. The number of fused-ring (bicyclic) bond motifs is 1. The first kappa shape index (κ1) is 18.9. The fourth-order valence-electron chi connectivity index (χ4n) is 5.01. The Labute approximate surface area is 176 Å². The largest absolute Gasteiger partial charge is 0.497 e. The summed E-state index contributed by atoms with van der Waals surface area (Å²) in [6.45, 7) is 5.18. The number of nitrogens with zero attached hydrogens (tertiary/aromatic N) is 2. The van der Waals surface area contributed by atoms with Crippen molar-refractivity contribution in [1.29, 1.82) is 0 Å². The molecular weight excluding hydrogens is 382 g/mol. The van der Waals surface area contributed by atoms with Crippen molar-refractivity contribution < 1.29 is 14.4 Å². The number of thiophene rings is 1. The van der Waals surface area contributed by atoms with Gasteiger partial charge in [-0.05, 0) is 48.6 Å². The van der Waals surface area contributed by atoms with E-state index in [-0.39, 0.29) is 0 Å². The number of anilines is 1. The van der Waals surface area contributed by atoms with Crippen molar-refractivity contribution in [3.05, 3.63) is 46.2 Å². The Kier molecular flexibility index (Phi) is 5.22. The number of carbonyl (C=O) groups excluding carboxylic acids is 1. The molecule has 1 unspecified atom stereocenters. The van der Waals surface area contributed by atoms with Crippen molar-refractivity contribution in [3.63, 3.8) is 0 Å². The molecule has 2 atom stereocenters. The van der Waals surface area contributed by atoms with Crippen LogP contribution < -0.4 is 14.5 Å². The van der Waals surface area contributed by atoms with E-state index in [0.717, 1.165) is 50.8 Å². The molecule has 6 heteroatoms. The molecule has 1 saturated heterocycles. The molecule has 0 spiro atoms. The van der Waals surface area contributed by atoms with Gasteiger partial charge in [-0.25, -0.2) is 0 Å². The Morgan fingerprint density at radius 2 is 1.90 bits per heavy atom. The Morgan fingerprint density at radius 3 is 2.59 bits per heavy atom. The van der Waals surface area contributed by atoms with Gasteiger partial charge >= 0.3 is 0 Å². The molecule has 3 aliphatic rings. The van der Waals surface area contributed by atoms with Crippen LogP contribution in [0.25, 0.3) is 0 Å². The van der Waals surface area contributed by atoms with E-state index in [1.807, 2.05) is 23.5 Å². The molecule has 2 aromatic rings. The van der Waals surface area contributed by atoms with E-state index < -0.39 is 0 Å². The molecule has 3 heterocycles. The zero-order valence-electron chi connectivity index (χ0n) is 17.1. The summed E-state index contributed by atoms with van der Waals surface area (Å²) < 4.78 is 5.25. The van der Waals surface area contributed by atoms with Crippen molar-refractivity contribution >= 4 is 22.9 Å². The minimum atomic E-state index is 0.332. The third-order valence-electron chi connectivity index (χ3n) is 6.77. The number of carbonyl (C=O) groups is 1. The summed E-state index contributed by atoms with van der Waals surface area (Å²) in [7, 11) is 1.69. The predicted molar refractivity (Wildman–Crippen MR) is 116 cm³/mol. The lowest BCUT2D eigenvalue weighted by Gasteiger charge is -2.38. The highest BCUT2D eigenvalue weighted by atomic mass is 32.1. The van der Waals surface area contributed by atoms with E-state index in [1.165, 1.54) is 29.0 Å². The van der Waals surface area contributed by atoms with Crippen LogP contribution in [0.4, 0.5) is 5.69 Å². The molecule has 29 heavy (non-hydrogen) atoms. The summed E-state index contributed by atoms with van der Waals surface area (Å²) in [4.78, 5) is 20.6. The van der Waals surface area contributed by atoms with Crippen LogP contribution in [0.5, 0.6) is 5.75 Å². The van der Waals surface area contributed by atoms with Gasteiger partial charge in [0, 0.05) is 54.6 Å². The highest BCUT2D eigenvalue weighted by molar-refractivity contribution is 7.10. The van der Waals surface area contributed by atoms with Crippen LogP contribution in [0, 0.1) is 5.92 Å². The van der Waals surface area contributed by atoms with Crippen LogP contribution in [-0.2, 0) is 11.2 Å². The molecule has 1 aliphatic carbocycles. The number of amides is 1. The molecule has 1 aromatic heterocycles. The summed E-state index contributed by atoms with van der Waals surface area (Å²) in [6.07, 6.45) is 3.79. The summed E-state index contributed by atoms with van der Waals surface area (Å²) in [5.41, 5.74) is 2.74. The fourth-order valence-corrected chi connectivity index (χ4v) is 5.94. The number of methoxy groups -OCH3 is 1. The van der Waals surface area contributed by atoms with Crippen molar-refractivity contribution in [2.45, 2.75) is 25.3 Å². The van der Waals surface area contributed by atoms with E-state index in [9.17, 15) is 4.79 Å². The van der Waals surface area contributed by atoms with Gasteiger partial charge in [0.15, 0.2) is 6.54 Å². The SMILES string of the molecule is COc1ccc(N2CCN(C(=O)C[NH+]3CCc4sccc4[C@@H]3C3CC3)CC2)cc1. The predicted octanol–water partition coefficient (Wildman–Crippen LogP) is 2.00. The van der Waals surface area contributed by atoms with Crippen molar-refractivity contribution in [1.82, 2.24) is 4.90 Å². The lowest BCUT2D eigenvalue weighted by Crippen LogP contribution is -3.14. The standard InChI is InChI=1S/C23H29N3O2S/c1-28-19-6-4-18(5-7-19)24-11-13-25(14-12-24)22(27)16-26-10-8-21-20(9-15-29-21)23(26)17-2-3-17/h4-7,9,15,17,23H,2-3,8,10-14,16H2,1H3/p+1/t23-/m0/s1. The zero-order chi connectivity index (χ0) is 19.8. The molecule has 5 nitrogen and oxygen atoms in total. The average Bonchev–Trinajstić information content (AvgIpc) is 3.49. The van der Waals surface area contributed by atoms with Gasteiger partial charge in [0.25, 0.3) is 5.91 Å². The number of hydrogen-bond acceptors (Lipinski definition) is 4. The monoisotopic (exact) mass is 412 g/mol. The highest BCUT2D eigenvalue weighted by Gasteiger charge is 2.44. The minimum Gasteiger partial charge on any atom is -0.497 e. The van der Waals surface area contributed by atoms with Crippen molar-refractivity contribution in [3.8, 4) is 5.75 Å². The first-order chi connectivity index (χ1) is 14.2. The topological polar surface area (TPSA) is 37.2 Å². The molecule has 154 valence electrons. The van der Waals surface area contributed by atoms with E-state index in [4.69, 9.17) is 4.74 Å². The van der Waals surface area contributed by atoms with E-state index in [1.54, 1.807) is 12.0 Å². The molecule has 1 N–H and O–H groups in total. The first-order valence-electron chi connectivity index (χ1n) is 10.8. The van der Waals surface area contributed by atoms with Gasteiger partial charge in [0.1, 0.15) is 11.8 Å². The van der Waals surface area contributed by atoms with Gasteiger partial charge in [-0.15, -0.1) is 11.3 Å². The smallest absolute Gasteiger partial charge is 0.277 e. The zero-order valence-corrected chi connectivity index (χ0v) is 17.9. The number of hydrogen-bond donors (Lipinski definition) is 1. The molecule has 1 amide bonds. The summed E-state index contributed by atoms with van der Waals surface area (Å²) in [6, 6.07) is 11.1. The van der Waals surface area contributed by atoms with Gasteiger partial charge in [0.2, 0.25) is 0 Å². The molecule has 0 bridgehead atoms. The van der Waals surface area contributed by atoms with Crippen LogP contribution in [0.3, 0.4) is 0 Å². The van der Waals surface area contributed by atoms with E-state index in [2.05, 4.69) is 33.4 Å². The maximum absolute atomic E-state index is 13.1. The third-order valence-corrected chi connectivity index (χ3v) is 7.77. The Balaban J connectivity index is 1.19. The summed E-state index contributed by atoms with van der Waals surface area (Å²) in [5, 5.41) is 2.24. The number of rotatable bonds is 5. The van der Waals surface area contributed by atoms with E-state index >= 15 is 0 Å².